The Morgan fingerprint density at radius 2 is 1.96 bits per heavy atom. The Hall–Kier alpha value is -2.60. The van der Waals surface area contributed by atoms with E-state index in [2.05, 4.69) is 15.5 Å². The molecule has 0 aliphatic rings. The number of nitrogens with one attached hydrogen (secondary N) is 1. The maximum atomic E-state index is 11.9. The van der Waals surface area contributed by atoms with Crippen molar-refractivity contribution in [3.05, 3.63) is 60.2 Å². The maximum absolute atomic E-state index is 11.9. The first-order chi connectivity index (χ1) is 11.2. The number of hydrogen-bond acceptors (Lipinski definition) is 4. The second-order valence-corrected chi connectivity index (χ2v) is 5.88. The molecule has 0 saturated carbocycles. The second-order valence-electron chi connectivity index (χ2n) is 4.93. The van der Waals surface area contributed by atoms with Crippen molar-refractivity contribution in [3.8, 4) is 0 Å². The molecule has 0 aliphatic heterocycles. The van der Waals surface area contributed by atoms with Crippen molar-refractivity contribution in [1.82, 2.24) is 15.0 Å². The molecule has 0 spiro atoms. The molecule has 0 atom stereocenters. The van der Waals surface area contributed by atoms with Gasteiger partial charge < -0.3 is 4.57 Å². The summed E-state index contributed by atoms with van der Waals surface area (Å²) in [5.74, 6) is 0.109. The first-order valence-corrected chi connectivity index (χ1v) is 8.14. The number of aryl methyl sites for hydroxylation is 1. The number of carbonyl (C=O) groups is 1. The SMILES string of the molecule is Cn1c(SCC(=O)N/N=C/c2ccccc2)nc2ccccc21. The lowest BCUT2D eigenvalue weighted by atomic mass is 10.2. The molecule has 6 heteroatoms. The summed E-state index contributed by atoms with van der Waals surface area (Å²) in [7, 11) is 1.95. The quantitative estimate of drug-likeness (QED) is 0.446. The maximum Gasteiger partial charge on any atom is 0.250 e. The standard InChI is InChI=1S/C17H16N4OS/c1-21-15-10-6-5-9-14(15)19-17(21)23-12-16(22)20-18-11-13-7-3-2-4-8-13/h2-11H,12H2,1H3,(H,20,22)/b18-11+. The predicted octanol–water partition coefficient (Wildman–Crippen LogP) is 2.82. The zero-order valence-corrected chi connectivity index (χ0v) is 13.5. The predicted molar refractivity (Wildman–Crippen MR) is 93.6 cm³/mol. The fourth-order valence-corrected chi connectivity index (χ4v) is 2.91. The van der Waals surface area contributed by atoms with Gasteiger partial charge in [0.05, 0.1) is 23.0 Å². The topological polar surface area (TPSA) is 59.3 Å². The van der Waals surface area contributed by atoms with Gasteiger partial charge in [-0.15, -0.1) is 0 Å². The van der Waals surface area contributed by atoms with Crippen LogP contribution in [-0.2, 0) is 11.8 Å². The highest BCUT2D eigenvalue weighted by molar-refractivity contribution is 7.99. The molecule has 116 valence electrons. The molecule has 1 N–H and O–H groups in total. The van der Waals surface area contributed by atoms with Crippen LogP contribution in [0.4, 0.5) is 0 Å². The zero-order chi connectivity index (χ0) is 16.1. The summed E-state index contributed by atoms with van der Waals surface area (Å²) >= 11 is 1.39. The summed E-state index contributed by atoms with van der Waals surface area (Å²) in [5, 5.41) is 4.77. The molecule has 0 saturated heterocycles. The van der Waals surface area contributed by atoms with Crippen LogP contribution in [0.15, 0.2) is 64.9 Å². The third-order valence-electron chi connectivity index (χ3n) is 3.28. The molecule has 0 bridgehead atoms. The summed E-state index contributed by atoms with van der Waals surface area (Å²) in [6.07, 6.45) is 1.62. The summed E-state index contributed by atoms with van der Waals surface area (Å²) < 4.78 is 1.99. The van der Waals surface area contributed by atoms with Crippen LogP contribution in [0.5, 0.6) is 0 Å². The molecule has 23 heavy (non-hydrogen) atoms. The highest BCUT2D eigenvalue weighted by Gasteiger charge is 2.09. The van der Waals surface area contributed by atoms with Crippen LogP contribution in [0.1, 0.15) is 5.56 Å². The zero-order valence-electron chi connectivity index (χ0n) is 12.6. The van der Waals surface area contributed by atoms with E-state index in [1.807, 2.05) is 66.2 Å². The molecule has 3 rings (SSSR count). The Balaban J connectivity index is 1.56. The van der Waals surface area contributed by atoms with Gasteiger partial charge >= 0.3 is 0 Å². The minimum atomic E-state index is -0.158. The summed E-state index contributed by atoms with van der Waals surface area (Å²) in [4.78, 5) is 16.4. The van der Waals surface area contributed by atoms with Gasteiger partial charge in [-0.05, 0) is 17.7 Å². The van der Waals surface area contributed by atoms with Crippen molar-refractivity contribution in [2.45, 2.75) is 5.16 Å². The monoisotopic (exact) mass is 324 g/mol. The molecular formula is C17H16N4OS. The Bertz CT molecular complexity index is 842. The Labute approximate surface area is 138 Å². The van der Waals surface area contributed by atoms with Crippen LogP contribution in [0.25, 0.3) is 11.0 Å². The molecule has 3 aromatic rings. The van der Waals surface area contributed by atoms with Crippen LogP contribution < -0.4 is 5.43 Å². The van der Waals surface area contributed by atoms with Gasteiger partial charge in [0.2, 0.25) is 0 Å². The number of nitrogens with zero attached hydrogens (tertiary/aromatic N) is 3. The minimum Gasteiger partial charge on any atom is -0.322 e. The molecule has 1 amide bonds. The van der Waals surface area contributed by atoms with E-state index < -0.39 is 0 Å². The van der Waals surface area contributed by atoms with Crippen LogP contribution in [0.2, 0.25) is 0 Å². The molecule has 0 aliphatic carbocycles. The fraction of sp³-hybridized carbons (Fsp3) is 0.118. The van der Waals surface area contributed by atoms with Crippen molar-refractivity contribution < 1.29 is 4.79 Å². The third kappa shape index (κ3) is 3.78. The number of aromatic nitrogens is 2. The van der Waals surface area contributed by atoms with Gasteiger partial charge in [-0.25, -0.2) is 10.4 Å². The number of fused-ring (bicyclic) bond motifs is 1. The number of para-hydroxylation sites is 2. The van der Waals surface area contributed by atoms with E-state index in [1.54, 1.807) is 6.21 Å². The smallest absolute Gasteiger partial charge is 0.250 e. The molecule has 1 heterocycles. The molecule has 0 fully saturated rings. The van der Waals surface area contributed by atoms with E-state index in [1.165, 1.54) is 11.8 Å². The van der Waals surface area contributed by atoms with Crippen molar-refractivity contribution >= 4 is 34.9 Å². The highest BCUT2D eigenvalue weighted by Crippen LogP contribution is 2.22. The number of rotatable bonds is 5. The lowest BCUT2D eigenvalue weighted by Crippen LogP contribution is -2.19. The van der Waals surface area contributed by atoms with Gasteiger partial charge in [0.1, 0.15) is 0 Å². The molecular weight excluding hydrogens is 308 g/mol. The molecule has 1 aromatic heterocycles. The largest absolute Gasteiger partial charge is 0.322 e. The van der Waals surface area contributed by atoms with E-state index in [9.17, 15) is 4.79 Å². The number of benzene rings is 2. The second kappa shape index (κ2) is 7.11. The lowest BCUT2D eigenvalue weighted by molar-refractivity contribution is -0.118. The number of thioether (sulfide) groups is 1. The number of hydrazone groups is 1. The van der Waals surface area contributed by atoms with Crippen LogP contribution in [0.3, 0.4) is 0 Å². The Morgan fingerprint density at radius 3 is 2.74 bits per heavy atom. The fourth-order valence-electron chi connectivity index (χ4n) is 2.13. The van der Waals surface area contributed by atoms with Crippen molar-refractivity contribution in [2.75, 3.05) is 5.75 Å². The van der Waals surface area contributed by atoms with E-state index >= 15 is 0 Å². The van der Waals surface area contributed by atoms with E-state index in [-0.39, 0.29) is 11.7 Å². The van der Waals surface area contributed by atoms with E-state index in [0.717, 1.165) is 21.8 Å². The van der Waals surface area contributed by atoms with Gasteiger partial charge in [0, 0.05) is 7.05 Å². The summed E-state index contributed by atoms with van der Waals surface area (Å²) in [6.45, 7) is 0. The number of amides is 1. The molecule has 5 nitrogen and oxygen atoms in total. The van der Waals surface area contributed by atoms with Gasteiger partial charge in [0.25, 0.3) is 5.91 Å². The normalized spacial score (nSPS) is 11.2. The highest BCUT2D eigenvalue weighted by atomic mass is 32.2. The lowest BCUT2D eigenvalue weighted by Gasteiger charge is -2.01. The van der Waals surface area contributed by atoms with Gasteiger partial charge in [-0.3, -0.25) is 4.79 Å². The van der Waals surface area contributed by atoms with Gasteiger partial charge in [-0.2, -0.15) is 5.10 Å². The van der Waals surface area contributed by atoms with Gasteiger partial charge in [0.15, 0.2) is 5.16 Å². The first-order valence-electron chi connectivity index (χ1n) is 7.15. The van der Waals surface area contributed by atoms with Crippen molar-refractivity contribution in [2.24, 2.45) is 12.1 Å². The minimum absolute atomic E-state index is 0.158. The van der Waals surface area contributed by atoms with Crippen molar-refractivity contribution in [3.63, 3.8) is 0 Å². The van der Waals surface area contributed by atoms with Crippen LogP contribution >= 0.6 is 11.8 Å². The van der Waals surface area contributed by atoms with Crippen LogP contribution in [-0.4, -0.2) is 27.4 Å². The molecule has 2 aromatic carbocycles. The first kappa shape index (κ1) is 15.3. The number of imidazole rings is 1. The Morgan fingerprint density at radius 1 is 1.22 bits per heavy atom. The number of hydrogen-bond donors (Lipinski definition) is 1. The average Bonchev–Trinajstić information content (AvgIpc) is 2.90. The van der Waals surface area contributed by atoms with Crippen LogP contribution in [0, 0.1) is 0 Å². The Kier molecular flexibility index (Phi) is 4.73. The molecule has 0 unspecified atom stereocenters. The summed E-state index contributed by atoms with van der Waals surface area (Å²) in [5.41, 5.74) is 5.45. The number of carbonyl (C=O) groups excluding carboxylic acids is 1. The van der Waals surface area contributed by atoms with E-state index in [4.69, 9.17) is 0 Å². The van der Waals surface area contributed by atoms with E-state index in [0.29, 0.717) is 0 Å². The van der Waals surface area contributed by atoms with Gasteiger partial charge in [-0.1, -0.05) is 54.2 Å². The van der Waals surface area contributed by atoms with Crippen molar-refractivity contribution in [1.29, 1.82) is 0 Å². The third-order valence-corrected chi connectivity index (χ3v) is 4.31. The average molecular weight is 324 g/mol. The molecule has 0 radical (unpaired) electrons. The summed E-state index contributed by atoms with van der Waals surface area (Å²) in [6, 6.07) is 17.5.